The van der Waals surface area contributed by atoms with E-state index in [0.29, 0.717) is 12.5 Å². The van der Waals surface area contributed by atoms with Crippen molar-refractivity contribution >= 4 is 23.2 Å². The minimum Gasteiger partial charge on any atom is -0.348 e. The first-order valence-corrected chi connectivity index (χ1v) is 6.67. The number of nitrogens with one attached hydrogen (secondary N) is 1. The number of non-ortho nitro benzene ring substituents is 1. The van der Waals surface area contributed by atoms with Gasteiger partial charge in [-0.2, -0.15) is 0 Å². The maximum absolute atomic E-state index is 12.1. The van der Waals surface area contributed by atoms with Crippen LogP contribution in [0.4, 0.5) is 5.69 Å². The first kappa shape index (κ1) is 16.4. The maximum atomic E-state index is 12.1. The van der Waals surface area contributed by atoms with Gasteiger partial charge in [-0.25, -0.2) is 0 Å². The molecule has 1 amide bonds. The number of nitro groups is 1. The summed E-state index contributed by atoms with van der Waals surface area (Å²) in [5.74, 6) is -0.0702. The van der Waals surface area contributed by atoms with Crippen LogP contribution >= 0.6 is 11.6 Å². The fourth-order valence-electron chi connectivity index (χ4n) is 1.85. The van der Waals surface area contributed by atoms with Gasteiger partial charge >= 0.3 is 0 Å². The van der Waals surface area contributed by atoms with Gasteiger partial charge in [-0.1, -0.05) is 25.4 Å². The third-order valence-corrected chi connectivity index (χ3v) is 3.11. The number of nitro benzene ring substituents is 1. The molecule has 0 heterocycles. The fraction of sp³-hybridized carbons (Fsp3) is 0.462. The number of carbonyl (C=O) groups is 1. The Hall–Kier alpha value is -1.66. The van der Waals surface area contributed by atoms with E-state index < -0.39 is 10.8 Å². The van der Waals surface area contributed by atoms with Gasteiger partial charge in [0.2, 0.25) is 0 Å². The number of amides is 1. The second kappa shape index (κ2) is 7.21. The van der Waals surface area contributed by atoms with Crippen molar-refractivity contribution in [1.82, 2.24) is 5.32 Å². The number of hydrogen-bond acceptors (Lipinski definition) is 4. The highest BCUT2D eigenvalue weighted by molar-refractivity contribution is 6.33. The molecular formula is C13H18ClN3O3. The number of carbonyl (C=O) groups excluding carboxylic acids is 1. The van der Waals surface area contributed by atoms with Gasteiger partial charge in [-0.05, 0) is 18.4 Å². The van der Waals surface area contributed by atoms with Crippen LogP contribution in [0.1, 0.15) is 30.6 Å². The largest absolute Gasteiger partial charge is 0.348 e. The smallest absolute Gasteiger partial charge is 0.270 e. The second-order valence-electron chi connectivity index (χ2n) is 4.96. The van der Waals surface area contributed by atoms with E-state index >= 15 is 0 Å². The summed E-state index contributed by atoms with van der Waals surface area (Å²) < 4.78 is 0. The zero-order valence-corrected chi connectivity index (χ0v) is 12.2. The lowest BCUT2D eigenvalue weighted by molar-refractivity contribution is -0.384. The van der Waals surface area contributed by atoms with E-state index in [-0.39, 0.29) is 22.3 Å². The number of nitrogens with zero attached hydrogens (tertiary/aromatic N) is 1. The fourth-order valence-corrected chi connectivity index (χ4v) is 2.05. The highest BCUT2D eigenvalue weighted by Crippen LogP contribution is 2.22. The molecular weight excluding hydrogens is 282 g/mol. The van der Waals surface area contributed by atoms with Crippen LogP contribution in [0, 0.1) is 16.0 Å². The van der Waals surface area contributed by atoms with Gasteiger partial charge in [-0.15, -0.1) is 0 Å². The van der Waals surface area contributed by atoms with Gasteiger partial charge in [0.15, 0.2) is 0 Å². The zero-order valence-electron chi connectivity index (χ0n) is 11.4. The van der Waals surface area contributed by atoms with E-state index in [4.69, 9.17) is 17.3 Å². The lowest BCUT2D eigenvalue weighted by atomic mass is 10.0. The van der Waals surface area contributed by atoms with Crippen molar-refractivity contribution in [1.29, 1.82) is 0 Å². The Morgan fingerprint density at radius 1 is 1.50 bits per heavy atom. The normalized spacial score (nSPS) is 12.2. The molecule has 1 unspecified atom stereocenters. The Morgan fingerprint density at radius 2 is 2.15 bits per heavy atom. The molecule has 0 aliphatic heterocycles. The molecule has 0 radical (unpaired) electrons. The van der Waals surface area contributed by atoms with Crippen molar-refractivity contribution in [3.05, 3.63) is 38.9 Å². The molecule has 1 aromatic carbocycles. The predicted octanol–water partition coefficient (Wildman–Crippen LogP) is 2.35. The highest BCUT2D eigenvalue weighted by Gasteiger charge is 2.19. The molecule has 0 bridgehead atoms. The van der Waals surface area contributed by atoms with Crippen molar-refractivity contribution in [2.75, 3.05) is 6.54 Å². The highest BCUT2D eigenvalue weighted by atomic mass is 35.5. The lowest BCUT2D eigenvalue weighted by Crippen LogP contribution is -2.41. The van der Waals surface area contributed by atoms with E-state index in [9.17, 15) is 14.9 Å². The monoisotopic (exact) mass is 299 g/mol. The quantitative estimate of drug-likeness (QED) is 0.622. The molecule has 1 rings (SSSR count). The molecule has 0 spiro atoms. The minimum absolute atomic E-state index is 0.0862. The molecule has 1 aromatic rings. The summed E-state index contributed by atoms with van der Waals surface area (Å²) >= 11 is 5.91. The van der Waals surface area contributed by atoms with Crippen LogP contribution < -0.4 is 11.1 Å². The molecule has 0 saturated carbocycles. The number of benzene rings is 1. The first-order chi connectivity index (χ1) is 9.35. The summed E-state index contributed by atoms with van der Waals surface area (Å²) in [6.07, 6.45) is 0.731. The van der Waals surface area contributed by atoms with Gasteiger partial charge in [-0.3, -0.25) is 14.9 Å². The Bertz CT molecular complexity index is 506. The number of hydrogen-bond donors (Lipinski definition) is 2. The van der Waals surface area contributed by atoms with Crippen LogP contribution in [0.25, 0.3) is 0 Å². The van der Waals surface area contributed by atoms with Crippen LogP contribution in [0.15, 0.2) is 18.2 Å². The van der Waals surface area contributed by atoms with Crippen LogP contribution in [0.2, 0.25) is 5.02 Å². The molecule has 0 aliphatic rings. The third kappa shape index (κ3) is 4.47. The molecule has 3 N–H and O–H groups in total. The molecule has 7 heteroatoms. The van der Waals surface area contributed by atoms with Gasteiger partial charge in [0, 0.05) is 24.7 Å². The Balaban J connectivity index is 2.91. The topological polar surface area (TPSA) is 98.3 Å². The molecule has 1 atom stereocenters. The lowest BCUT2D eigenvalue weighted by Gasteiger charge is -2.19. The van der Waals surface area contributed by atoms with E-state index in [0.717, 1.165) is 6.42 Å². The molecule has 0 aliphatic carbocycles. The Labute approximate surface area is 122 Å². The number of halogens is 1. The molecule has 0 saturated heterocycles. The van der Waals surface area contributed by atoms with Gasteiger partial charge in [0.25, 0.3) is 11.6 Å². The molecule has 0 aromatic heterocycles. The van der Waals surface area contributed by atoms with Crippen molar-refractivity contribution < 1.29 is 9.72 Å². The van der Waals surface area contributed by atoms with Crippen LogP contribution in [-0.2, 0) is 0 Å². The van der Waals surface area contributed by atoms with Gasteiger partial charge < -0.3 is 11.1 Å². The summed E-state index contributed by atoms with van der Waals surface area (Å²) in [5.41, 5.74) is 5.52. The van der Waals surface area contributed by atoms with Crippen LogP contribution in [0.5, 0.6) is 0 Å². The van der Waals surface area contributed by atoms with Gasteiger partial charge in [0.05, 0.1) is 15.5 Å². The zero-order chi connectivity index (χ0) is 15.3. The summed E-state index contributed by atoms with van der Waals surface area (Å²) in [4.78, 5) is 22.3. The Morgan fingerprint density at radius 3 is 2.65 bits per heavy atom. The standard InChI is InChI=1S/C13H18ClN3O3/c1-8(2)5-9(7-15)16-13(18)11-6-10(17(19)20)3-4-12(11)14/h3-4,6,8-9H,5,7,15H2,1-2H3,(H,16,18). The molecule has 20 heavy (non-hydrogen) atoms. The second-order valence-corrected chi connectivity index (χ2v) is 5.36. The first-order valence-electron chi connectivity index (χ1n) is 6.30. The minimum atomic E-state index is -0.568. The van der Waals surface area contributed by atoms with E-state index in [2.05, 4.69) is 5.32 Å². The van der Waals surface area contributed by atoms with Crippen molar-refractivity contribution in [2.24, 2.45) is 11.7 Å². The summed E-state index contributed by atoms with van der Waals surface area (Å²) in [7, 11) is 0. The molecule has 6 nitrogen and oxygen atoms in total. The van der Waals surface area contributed by atoms with E-state index in [1.54, 1.807) is 0 Å². The van der Waals surface area contributed by atoms with E-state index in [1.807, 2.05) is 13.8 Å². The summed E-state index contributed by atoms with van der Waals surface area (Å²) in [6.45, 7) is 4.35. The number of rotatable bonds is 6. The Kier molecular flexibility index (Phi) is 5.91. The van der Waals surface area contributed by atoms with E-state index in [1.165, 1.54) is 18.2 Å². The van der Waals surface area contributed by atoms with Crippen molar-refractivity contribution in [2.45, 2.75) is 26.3 Å². The van der Waals surface area contributed by atoms with Gasteiger partial charge in [0.1, 0.15) is 0 Å². The number of nitrogens with two attached hydrogens (primary N) is 1. The molecule has 110 valence electrons. The maximum Gasteiger partial charge on any atom is 0.270 e. The SMILES string of the molecule is CC(C)CC(CN)NC(=O)c1cc([N+](=O)[O-])ccc1Cl. The van der Waals surface area contributed by atoms with Crippen LogP contribution in [0.3, 0.4) is 0 Å². The summed E-state index contributed by atoms with van der Waals surface area (Å²) in [6, 6.07) is 3.58. The van der Waals surface area contributed by atoms with Crippen molar-refractivity contribution in [3.63, 3.8) is 0 Å². The van der Waals surface area contributed by atoms with Crippen molar-refractivity contribution in [3.8, 4) is 0 Å². The summed E-state index contributed by atoms with van der Waals surface area (Å²) in [5, 5.41) is 13.6. The average molecular weight is 300 g/mol. The third-order valence-electron chi connectivity index (χ3n) is 2.78. The molecule has 0 fully saturated rings. The van der Waals surface area contributed by atoms with Crippen LogP contribution in [-0.4, -0.2) is 23.4 Å². The average Bonchev–Trinajstić information content (AvgIpc) is 2.37. The predicted molar refractivity (Wildman–Crippen MR) is 77.9 cm³/mol.